The topological polar surface area (TPSA) is 54.9 Å². The van der Waals surface area contributed by atoms with Gasteiger partial charge in [0.15, 0.2) is 0 Å². The van der Waals surface area contributed by atoms with Crippen molar-refractivity contribution in [3.05, 3.63) is 53.4 Å². The molecule has 98 valence electrons. The van der Waals surface area contributed by atoms with Gasteiger partial charge in [-0.2, -0.15) is 0 Å². The van der Waals surface area contributed by atoms with Crippen LogP contribution in [0.2, 0.25) is 0 Å². The summed E-state index contributed by atoms with van der Waals surface area (Å²) in [5, 5.41) is 2.65. The van der Waals surface area contributed by atoms with Crippen LogP contribution in [-0.2, 0) is 6.42 Å². The second kappa shape index (κ2) is 5.56. The summed E-state index contributed by atoms with van der Waals surface area (Å²) in [6, 6.07) is 5.88. The summed E-state index contributed by atoms with van der Waals surface area (Å²) in [7, 11) is 0. The second-order valence-electron chi connectivity index (χ2n) is 4.16. The highest BCUT2D eigenvalue weighted by atomic mass is 19.1. The molecule has 0 saturated heterocycles. The van der Waals surface area contributed by atoms with Crippen LogP contribution >= 0.6 is 0 Å². The molecule has 0 fully saturated rings. The van der Waals surface area contributed by atoms with Gasteiger partial charge in [0.2, 0.25) is 0 Å². The molecule has 2 rings (SSSR count). The van der Waals surface area contributed by atoms with Crippen LogP contribution in [0.3, 0.4) is 0 Å². The number of hydrogen-bond donors (Lipinski definition) is 1. The highest BCUT2D eigenvalue weighted by Crippen LogP contribution is 2.16. The highest BCUT2D eigenvalue weighted by molar-refractivity contribution is 6.03. The fraction of sp³-hybridized carbons (Fsp3) is 0.214. The number of carbonyl (C=O) groups excluding carboxylic acids is 1. The van der Waals surface area contributed by atoms with E-state index in [1.165, 1.54) is 18.5 Å². The molecular weight excluding hydrogens is 245 g/mol. The zero-order chi connectivity index (χ0) is 13.8. The first-order valence-electron chi connectivity index (χ1n) is 5.98. The lowest BCUT2D eigenvalue weighted by atomic mass is 10.2. The summed E-state index contributed by atoms with van der Waals surface area (Å²) in [6.45, 7) is 3.74. The van der Waals surface area contributed by atoms with Crippen molar-refractivity contribution < 1.29 is 9.18 Å². The van der Waals surface area contributed by atoms with E-state index < -0.39 is 5.82 Å². The minimum atomic E-state index is -0.391. The van der Waals surface area contributed by atoms with Crippen molar-refractivity contribution in [2.75, 3.05) is 5.32 Å². The molecule has 0 unspecified atom stereocenters. The van der Waals surface area contributed by atoms with Crippen molar-refractivity contribution in [3.63, 3.8) is 0 Å². The average Bonchev–Trinajstić information content (AvgIpc) is 2.43. The highest BCUT2D eigenvalue weighted by Gasteiger charge is 2.10. The van der Waals surface area contributed by atoms with Gasteiger partial charge in [-0.3, -0.25) is 4.79 Å². The molecule has 19 heavy (non-hydrogen) atoms. The van der Waals surface area contributed by atoms with Crippen molar-refractivity contribution >= 4 is 11.6 Å². The van der Waals surface area contributed by atoms with Crippen molar-refractivity contribution in [2.45, 2.75) is 20.3 Å². The molecule has 0 aliphatic heterocycles. The normalized spacial score (nSPS) is 10.3. The smallest absolute Gasteiger partial charge is 0.274 e. The van der Waals surface area contributed by atoms with E-state index in [2.05, 4.69) is 15.3 Å². The lowest BCUT2D eigenvalue weighted by Crippen LogP contribution is -2.15. The Morgan fingerprint density at radius 2 is 2.11 bits per heavy atom. The first-order chi connectivity index (χ1) is 9.10. The maximum Gasteiger partial charge on any atom is 0.274 e. The number of aryl methyl sites for hydroxylation is 2. The van der Waals surface area contributed by atoms with Crippen molar-refractivity contribution in [1.82, 2.24) is 9.97 Å². The summed E-state index contributed by atoms with van der Waals surface area (Å²) in [5.41, 5.74) is 2.30. The van der Waals surface area contributed by atoms with Crippen molar-refractivity contribution in [1.29, 1.82) is 0 Å². The van der Waals surface area contributed by atoms with Gasteiger partial charge in [-0.05, 0) is 37.1 Å². The Hall–Kier alpha value is -2.30. The molecule has 5 heteroatoms. The van der Waals surface area contributed by atoms with E-state index in [-0.39, 0.29) is 11.6 Å². The molecule has 0 radical (unpaired) electrons. The Balaban J connectivity index is 2.22. The van der Waals surface area contributed by atoms with Crippen LogP contribution in [0.5, 0.6) is 0 Å². The van der Waals surface area contributed by atoms with E-state index in [4.69, 9.17) is 0 Å². The Kier molecular flexibility index (Phi) is 3.85. The monoisotopic (exact) mass is 259 g/mol. The Morgan fingerprint density at radius 3 is 2.84 bits per heavy atom. The molecule has 1 aromatic heterocycles. The van der Waals surface area contributed by atoms with Gasteiger partial charge in [0.1, 0.15) is 17.8 Å². The number of amides is 1. The van der Waals surface area contributed by atoms with Crippen LogP contribution in [0.4, 0.5) is 10.1 Å². The molecule has 0 saturated carbocycles. The Labute approximate surface area is 110 Å². The lowest BCUT2D eigenvalue weighted by Gasteiger charge is -2.08. The fourth-order valence-electron chi connectivity index (χ4n) is 1.63. The minimum absolute atomic E-state index is 0.274. The van der Waals surface area contributed by atoms with Gasteiger partial charge in [0, 0.05) is 11.4 Å². The summed E-state index contributed by atoms with van der Waals surface area (Å²) in [6.07, 6.45) is 2.08. The molecule has 2 aromatic rings. The molecule has 0 atom stereocenters. The van der Waals surface area contributed by atoms with Crippen LogP contribution in [0, 0.1) is 12.7 Å². The summed E-state index contributed by atoms with van der Waals surface area (Å²) in [5.74, 6) is -0.761. The molecule has 4 nitrogen and oxygen atoms in total. The van der Waals surface area contributed by atoms with E-state index in [1.54, 1.807) is 19.1 Å². The Morgan fingerprint density at radius 1 is 1.32 bits per heavy atom. The average molecular weight is 259 g/mol. The third-order valence-electron chi connectivity index (χ3n) is 2.77. The summed E-state index contributed by atoms with van der Waals surface area (Å²) >= 11 is 0. The zero-order valence-electron chi connectivity index (χ0n) is 10.8. The van der Waals surface area contributed by atoms with E-state index in [9.17, 15) is 9.18 Å². The number of benzene rings is 1. The maximum absolute atomic E-state index is 13.1. The molecule has 0 spiro atoms. The van der Waals surface area contributed by atoms with E-state index in [1.807, 2.05) is 6.92 Å². The quantitative estimate of drug-likeness (QED) is 0.922. The number of hydrogen-bond acceptors (Lipinski definition) is 3. The lowest BCUT2D eigenvalue weighted by molar-refractivity contribution is 0.102. The Bertz CT molecular complexity index is 613. The predicted molar refractivity (Wildman–Crippen MR) is 70.5 cm³/mol. The van der Waals surface area contributed by atoms with E-state index >= 15 is 0 Å². The summed E-state index contributed by atoms with van der Waals surface area (Å²) in [4.78, 5) is 20.0. The number of rotatable bonds is 3. The van der Waals surface area contributed by atoms with Crippen LogP contribution in [0.1, 0.15) is 28.7 Å². The number of halogens is 1. The molecule has 1 N–H and O–H groups in total. The van der Waals surface area contributed by atoms with E-state index in [0.717, 1.165) is 17.7 Å². The van der Waals surface area contributed by atoms with Gasteiger partial charge >= 0.3 is 0 Å². The standard InChI is InChI=1S/C14H14FN3O/c1-3-11-7-13(17-8-16-11)14(19)18-12-6-10(15)5-4-9(12)2/h4-8H,3H2,1-2H3,(H,18,19). The number of aromatic nitrogens is 2. The predicted octanol–water partition coefficient (Wildman–Crippen LogP) is 2.74. The minimum Gasteiger partial charge on any atom is -0.320 e. The number of carbonyl (C=O) groups is 1. The van der Waals surface area contributed by atoms with Crippen LogP contribution in [0.25, 0.3) is 0 Å². The second-order valence-corrected chi connectivity index (χ2v) is 4.16. The van der Waals surface area contributed by atoms with Gasteiger partial charge in [-0.15, -0.1) is 0 Å². The molecule has 1 amide bonds. The van der Waals surface area contributed by atoms with Crippen LogP contribution in [-0.4, -0.2) is 15.9 Å². The van der Waals surface area contributed by atoms with Crippen molar-refractivity contribution in [2.24, 2.45) is 0 Å². The molecule has 0 aliphatic rings. The van der Waals surface area contributed by atoms with Gasteiger partial charge in [-0.1, -0.05) is 13.0 Å². The largest absolute Gasteiger partial charge is 0.320 e. The van der Waals surface area contributed by atoms with Gasteiger partial charge < -0.3 is 5.32 Å². The van der Waals surface area contributed by atoms with Gasteiger partial charge in [-0.25, -0.2) is 14.4 Å². The van der Waals surface area contributed by atoms with Crippen LogP contribution in [0.15, 0.2) is 30.6 Å². The molecule has 0 bridgehead atoms. The molecule has 1 aromatic carbocycles. The van der Waals surface area contributed by atoms with Crippen molar-refractivity contribution in [3.8, 4) is 0 Å². The van der Waals surface area contributed by atoms with Crippen LogP contribution < -0.4 is 5.32 Å². The van der Waals surface area contributed by atoms with E-state index in [0.29, 0.717) is 5.69 Å². The number of anilines is 1. The zero-order valence-corrected chi connectivity index (χ0v) is 10.8. The van der Waals surface area contributed by atoms with Gasteiger partial charge in [0.25, 0.3) is 5.91 Å². The molecular formula is C14H14FN3O. The van der Waals surface area contributed by atoms with Gasteiger partial charge in [0.05, 0.1) is 0 Å². The SMILES string of the molecule is CCc1cc(C(=O)Nc2cc(F)ccc2C)ncn1. The fourth-order valence-corrected chi connectivity index (χ4v) is 1.63. The molecule has 1 heterocycles. The first kappa shape index (κ1) is 13.1. The third-order valence-corrected chi connectivity index (χ3v) is 2.77. The maximum atomic E-state index is 13.1. The first-order valence-corrected chi connectivity index (χ1v) is 5.98. The molecule has 0 aliphatic carbocycles. The number of nitrogens with zero attached hydrogens (tertiary/aromatic N) is 2. The number of nitrogens with one attached hydrogen (secondary N) is 1. The summed E-state index contributed by atoms with van der Waals surface area (Å²) < 4.78 is 13.1. The third kappa shape index (κ3) is 3.13.